The molecule has 3 heterocycles. The summed E-state index contributed by atoms with van der Waals surface area (Å²) in [6, 6.07) is 15.7. The van der Waals surface area contributed by atoms with Gasteiger partial charge >= 0.3 is 0 Å². The first kappa shape index (κ1) is 26.2. The van der Waals surface area contributed by atoms with Crippen LogP contribution in [0.1, 0.15) is 53.3 Å². The Morgan fingerprint density at radius 3 is 2.08 bits per heavy atom. The van der Waals surface area contributed by atoms with E-state index in [0.29, 0.717) is 11.1 Å². The molecule has 3 aliphatic heterocycles. The minimum absolute atomic E-state index is 0.125. The summed E-state index contributed by atoms with van der Waals surface area (Å²) in [5.74, 6) is -0.768. The maximum absolute atomic E-state index is 13.6. The second-order valence-corrected chi connectivity index (χ2v) is 16.1. The number of fused-ring (bicyclic) bond motifs is 2. The van der Waals surface area contributed by atoms with Gasteiger partial charge in [-0.3, -0.25) is 14.5 Å². The molecule has 0 aromatic heterocycles. The van der Waals surface area contributed by atoms with Crippen molar-refractivity contribution in [1.82, 2.24) is 4.90 Å². The van der Waals surface area contributed by atoms with Crippen molar-refractivity contribution in [3.8, 4) is 0 Å². The highest BCUT2D eigenvalue weighted by molar-refractivity contribution is 6.74. The highest BCUT2D eigenvalue weighted by Crippen LogP contribution is 2.44. The van der Waals surface area contributed by atoms with Crippen molar-refractivity contribution in [3.63, 3.8) is 0 Å². The Morgan fingerprint density at radius 2 is 1.51 bits per heavy atom. The molecule has 2 fully saturated rings. The fraction of sp³-hybridized carbons (Fsp3) is 0.500. The number of carbonyl (C=O) groups is 2. The van der Waals surface area contributed by atoms with Crippen molar-refractivity contribution in [2.45, 2.75) is 75.8 Å². The lowest BCUT2D eigenvalue weighted by molar-refractivity contribution is -0.344. The summed E-state index contributed by atoms with van der Waals surface area (Å²) in [6.45, 7) is 11.0. The van der Waals surface area contributed by atoms with E-state index < -0.39 is 45.3 Å². The van der Waals surface area contributed by atoms with Gasteiger partial charge in [0.1, 0.15) is 18.2 Å². The molecule has 2 saturated heterocycles. The number of hydrogen-bond donors (Lipinski definition) is 0. The first-order valence-corrected chi connectivity index (χ1v) is 15.6. The summed E-state index contributed by atoms with van der Waals surface area (Å²) in [5, 5.41) is -0.125. The van der Waals surface area contributed by atoms with E-state index in [1.54, 1.807) is 24.3 Å². The molecular weight excluding hydrogens is 490 g/mol. The molecule has 2 aromatic carbocycles. The zero-order valence-corrected chi connectivity index (χ0v) is 23.2. The highest BCUT2D eigenvalue weighted by atomic mass is 28.4. The summed E-state index contributed by atoms with van der Waals surface area (Å²) in [4.78, 5) is 28.5. The van der Waals surface area contributed by atoms with Gasteiger partial charge in [-0.15, -0.1) is 0 Å². The normalized spacial score (nSPS) is 30.3. The quantitative estimate of drug-likeness (QED) is 0.419. The molecule has 2 aromatic rings. The zero-order chi connectivity index (χ0) is 26.5. The standard InChI is InChI=1S/C28H35NO7Si/c1-28(2,3)37(5,6)36-23-21(29-24(30)18-14-10-11-15-19(18)25(29)31)27(32-4)34-20-16-33-26(35-22(20)23)17-12-8-7-9-13-17/h7-15,20-23,26-27H,16H2,1-6H3/t20-,21-,22-,23-,26-,27-/m1/s1. The first-order chi connectivity index (χ1) is 17.5. The van der Waals surface area contributed by atoms with Crippen LogP contribution in [0.15, 0.2) is 54.6 Å². The van der Waals surface area contributed by atoms with E-state index in [-0.39, 0.29) is 23.5 Å². The van der Waals surface area contributed by atoms with Crippen molar-refractivity contribution < 1.29 is 33.0 Å². The third-order valence-electron chi connectivity index (χ3n) is 7.97. The van der Waals surface area contributed by atoms with E-state index in [1.807, 2.05) is 30.3 Å². The number of carbonyl (C=O) groups excluding carboxylic acids is 2. The van der Waals surface area contributed by atoms with Crippen LogP contribution in [-0.4, -0.2) is 69.4 Å². The molecule has 5 rings (SSSR count). The molecule has 198 valence electrons. The van der Waals surface area contributed by atoms with Crippen LogP contribution in [-0.2, 0) is 23.4 Å². The fourth-order valence-electron chi connectivity index (χ4n) is 4.94. The molecule has 9 heteroatoms. The zero-order valence-electron chi connectivity index (χ0n) is 22.2. The Hall–Kier alpha value is -2.40. The van der Waals surface area contributed by atoms with Crippen LogP contribution in [0, 0.1) is 0 Å². The maximum Gasteiger partial charge on any atom is 0.262 e. The summed E-state index contributed by atoms with van der Waals surface area (Å²) in [6.07, 6.45) is -3.29. The molecule has 0 aliphatic carbocycles. The van der Waals surface area contributed by atoms with Crippen LogP contribution in [0.25, 0.3) is 0 Å². The lowest BCUT2D eigenvalue weighted by Crippen LogP contribution is -2.70. The minimum Gasteiger partial charge on any atom is -0.409 e. The molecule has 0 bridgehead atoms. The molecule has 0 unspecified atom stereocenters. The molecule has 0 radical (unpaired) electrons. The summed E-state index contributed by atoms with van der Waals surface area (Å²) in [7, 11) is -0.899. The van der Waals surface area contributed by atoms with Crippen LogP contribution in [0.3, 0.4) is 0 Å². The summed E-state index contributed by atoms with van der Waals surface area (Å²) in [5.41, 5.74) is 1.61. The number of rotatable bonds is 5. The average Bonchev–Trinajstić information content (AvgIpc) is 3.13. The van der Waals surface area contributed by atoms with E-state index in [9.17, 15) is 9.59 Å². The highest BCUT2D eigenvalue weighted by Gasteiger charge is 2.58. The van der Waals surface area contributed by atoms with Gasteiger partial charge < -0.3 is 23.4 Å². The van der Waals surface area contributed by atoms with Crippen LogP contribution in [0.2, 0.25) is 18.1 Å². The second-order valence-electron chi connectivity index (χ2n) is 11.3. The number of imide groups is 1. The Kier molecular flexibility index (Phi) is 6.89. The lowest BCUT2D eigenvalue weighted by Gasteiger charge is -2.53. The molecule has 6 atom stereocenters. The van der Waals surface area contributed by atoms with Gasteiger partial charge in [-0.2, -0.15) is 0 Å². The number of benzene rings is 2. The predicted octanol–water partition coefficient (Wildman–Crippen LogP) is 4.53. The van der Waals surface area contributed by atoms with E-state index in [1.165, 1.54) is 12.0 Å². The van der Waals surface area contributed by atoms with E-state index >= 15 is 0 Å². The number of amides is 2. The molecule has 0 N–H and O–H groups in total. The Morgan fingerprint density at radius 1 is 0.919 bits per heavy atom. The van der Waals surface area contributed by atoms with Crippen LogP contribution < -0.4 is 0 Å². The molecule has 8 nitrogen and oxygen atoms in total. The minimum atomic E-state index is -2.41. The summed E-state index contributed by atoms with van der Waals surface area (Å²) < 4.78 is 31.6. The molecule has 37 heavy (non-hydrogen) atoms. The lowest BCUT2D eigenvalue weighted by atomic mass is 9.94. The van der Waals surface area contributed by atoms with Crippen molar-refractivity contribution in [2.24, 2.45) is 0 Å². The Bertz CT molecular complexity index is 1130. The maximum atomic E-state index is 13.6. The number of methoxy groups -OCH3 is 1. The molecule has 3 aliphatic rings. The predicted molar refractivity (Wildman–Crippen MR) is 138 cm³/mol. The van der Waals surface area contributed by atoms with Gasteiger partial charge in [0.15, 0.2) is 20.9 Å². The SMILES string of the molecule is CO[C@@H]1O[C@@H]2CO[C@@H](c3ccccc3)O[C@H]2[C@H](O[Si](C)(C)C(C)(C)C)[C@H]1N1C(=O)c2ccccc2C1=O. The molecule has 0 saturated carbocycles. The first-order valence-electron chi connectivity index (χ1n) is 12.7. The van der Waals surface area contributed by atoms with Crippen LogP contribution in [0.5, 0.6) is 0 Å². The van der Waals surface area contributed by atoms with E-state index in [0.717, 1.165) is 5.56 Å². The van der Waals surface area contributed by atoms with E-state index in [4.69, 9.17) is 23.4 Å². The largest absolute Gasteiger partial charge is 0.409 e. The van der Waals surface area contributed by atoms with Crippen LogP contribution in [0.4, 0.5) is 0 Å². The van der Waals surface area contributed by atoms with Gasteiger partial charge in [0.25, 0.3) is 11.8 Å². The van der Waals surface area contributed by atoms with Crippen molar-refractivity contribution in [1.29, 1.82) is 0 Å². The Labute approximate surface area is 218 Å². The van der Waals surface area contributed by atoms with Crippen LogP contribution >= 0.6 is 0 Å². The van der Waals surface area contributed by atoms with Gasteiger partial charge in [0, 0.05) is 12.7 Å². The van der Waals surface area contributed by atoms with Gasteiger partial charge in [0.05, 0.1) is 23.8 Å². The van der Waals surface area contributed by atoms with Gasteiger partial charge in [-0.05, 0) is 30.3 Å². The van der Waals surface area contributed by atoms with Crippen molar-refractivity contribution in [3.05, 3.63) is 71.3 Å². The third-order valence-corrected chi connectivity index (χ3v) is 12.4. The van der Waals surface area contributed by atoms with Crippen molar-refractivity contribution >= 4 is 20.1 Å². The number of ether oxygens (including phenoxy) is 4. The monoisotopic (exact) mass is 525 g/mol. The smallest absolute Gasteiger partial charge is 0.262 e. The van der Waals surface area contributed by atoms with Crippen molar-refractivity contribution in [2.75, 3.05) is 13.7 Å². The van der Waals surface area contributed by atoms with Gasteiger partial charge in [-0.25, -0.2) is 0 Å². The number of nitrogens with zero attached hydrogens (tertiary/aromatic N) is 1. The van der Waals surface area contributed by atoms with E-state index in [2.05, 4.69) is 33.9 Å². The van der Waals surface area contributed by atoms with Gasteiger partial charge in [-0.1, -0.05) is 63.2 Å². The number of hydrogen-bond acceptors (Lipinski definition) is 7. The summed E-state index contributed by atoms with van der Waals surface area (Å²) >= 11 is 0. The topological polar surface area (TPSA) is 83.5 Å². The Balaban J connectivity index is 1.57. The third kappa shape index (κ3) is 4.58. The molecule has 2 amide bonds. The van der Waals surface area contributed by atoms with Gasteiger partial charge in [0.2, 0.25) is 0 Å². The second kappa shape index (κ2) is 9.72. The molecular formula is C28H35NO7Si. The average molecular weight is 526 g/mol. The fourth-order valence-corrected chi connectivity index (χ4v) is 6.24. The molecule has 0 spiro atoms.